The number of carbonyl (C=O) groups excluding carboxylic acids is 1. The topological polar surface area (TPSA) is 80.0 Å². The number of guanidine groups is 1. The predicted octanol–water partition coefficient (Wildman–Crippen LogP) is 2.54. The third-order valence-electron chi connectivity index (χ3n) is 5.15. The van der Waals surface area contributed by atoms with Crippen LogP contribution in [0.3, 0.4) is 0 Å². The molecule has 1 aliphatic rings. The molecule has 150 valence electrons. The van der Waals surface area contributed by atoms with E-state index in [1.807, 2.05) is 0 Å². The van der Waals surface area contributed by atoms with E-state index in [1.54, 1.807) is 7.05 Å². The van der Waals surface area contributed by atoms with Gasteiger partial charge in [-0.3, -0.25) is 9.79 Å². The highest BCUT2D eigenvalue weighted by atomic mass is 16.5. The maximum atomic E-state index is 11.2. The summed E-state index contributed by atoms with van der Waals surface area (Å²) in [5.74, 6) is 1.98. The van der Waals surface area contributed by atoms with Crippen molar-refractivity contribution in [3.8, 4) is 5.75 Å². The number of aryl methyl sites for hydroxylation is 2. The molecule has 0 spiro atoms. The third kappa shape index (κ3) is 6.45. The quantitative estimate of drug-likeness (QED) is 0.437. The Labute approximate surface area is 163 Å². The molecule has 27 heavy (non-hydrogen) atoms. The molecule has 0 aliphatic carbocycles. The average Bonchev–Trinajstić information content (AvgIpc) is 2.61. The summed E-state index contributed by atoms with van der Waals surface area (Å²) in [4.78, 5) is 17.8. The standard InChI is InChI=1S/C21H34N4O2/c1-15-11-16(2)17(3)19(12-15)27-10-6-8-24-21(23-4)25-9-5-7-18(14-25)13-20(22)26/h11-12,18H,5-10,13-14H2,1-4H3,(H2,22,26)(H,23,24). The second kappa shape index (κ2) is 10.2. The molecule has 0 aromatic heterocycles. The molecular weight excluding hydrogens is 340 g/mol. The molecule has 1 aliphatic heterocycles. The molecule has 1 heterocycles. The zero-order valence-corrected chi connectivity index (χ0v) is 17.2. The summed E-state index contributed by atoms with van der Waals surface area (Å²) in [7, 11) is 1.80. The first-order valence-electron chi connectivity index (χ1n) is 9.85. The number of likely N-dealkylation sites (tertiary alicyclic amines) is 1. The van der Waals surface area contributed by atoms with Crippen LogP contribution in [0.25, 0.3) is 0 Å². The first kappa shape index (κ1) is 21.1. The Morgan fingerprint density at radius 1 is 1.37 bits per heavy atom. The number of amides is 1. The number of ether oxygens (including phenoxy) is 1. The minimum atomic E-state index is -0.219. The van der Waals surface area contributed by atoms with E-state index in [0.29, 0.717) is 18.9 Å². The van der Waals surface area contributed by atoms with Gasteiger partial charge in [-0.15, -0.1) is 0 Å². The second-order valence-electron chi connectivity index (χ2n) is 7.51. The molecule has 0 saturated carbocycles. The first-order chi connectivity index (χ1) is 12.9. The van der Waals surface area contributed by atoms with Gasteiger partial charge in [0.15, 0.2) is 5.96 Å². The number of rotatable bonds is 7. The number of nitrogens with one attached hydrogen (secondary N) is 1. The maximum absolute atomic E-state index is 11.2. The summed E-state index contributed by atoms with van der Waals surface area (Å²) in [5, 5.41) is 3.42. The van der Waals surface area contributed by atoms with Gasteiger partial charge in [0.1, 0.15) is 5.75 Å². The number of hydrogen-bond donors (Lipinski definition) is 2. The summed E-state index contributed by atoms with van der Waals surface area (Å²) >= 11 is 0. The fraction of sp³-hybridized carbons (Fsp3) is 0.619. The monoisotopic (exact) mass is 374 g/mol. The summed E-state index contributed by atoms with van der Waals surface area (Å²) < 4.78 is 5.98. The van der Waals surface area contributed by atoms with Crippen molar-refractivity contribution in [2.75, 3.05) is 33.3 Å². The van der Waals surface area contributed by atoms with Crippen LogP contribution in [0.4, 0.5) is 0 Å². The van der Waals surface area contributed by atoms with Gasteiger partial charge in [-0.2, -0.15) is 0 Å². The molecule has 1 aromatic rings. The molecule has 2 rings (SSSR count). The molecular formula is C21H34N4O2. The molecule has 3 N–H and O–H groups in total. The Morgan fingerprint density at radius 3 is 2.85 bits per heavy atom. The number of piperidine rings is 1. The molecule has 6 nitrogen and oxygen atoms in total. The van der Waals surface area contributed by atoms with Gasteiger partial charge >= 0.3 is 0 Å². The van der Waals surface area contributed by atoms with E-state index >= 15 is 0 Å². The van der Waals surface area contributed by atoms with Gasteiger partial charge < -0.3 is 20.7 Å². The Morgan fingerprint density at radius 2 is 2.15 bits per heavy atom. The predicted molar refractivity (Wildman–Crippen MR) is 110 cm³/mol. The van der Waals surface area contributed by atoms with Gasteiger partial charge in [0.2, 0.25) is 5.91 Å². The van der Waals surface area contributed by atoms with Crippen molar-refractivity contribution in [2.24, 2.45) is 16.6 Å². The number of aliphatic imine (C=N–C) groups is 1. The first-order valence-corrected chi connectivity index (χ1v) is 9.85. The Bertz CT molecular complexity index is 672. The lowest BCUT2D eigenvalue weighted by molar-refractivity contribution is -0.119. The fourth-order valence-electron chi connectivity index (χ4n) is 3.65. The lowest BCUT2D eigenvalue weighted by Gasteiger charge is -2.34. The van der Waals surface area contributed by atoms with Gasteiger partial charge in [-0.1, -0.05) is 6.07 Å². The van der Waals surface area contributed by atoms with Gasteiger partial charge in [0.05, 0.1) is 6.61 Å². The maximum Gasteiger partial charge on any atom is 0.217 e. The fourth-order valence-corrected chi connectivity index (χ4v) is 3.65. The van der Waals surface area contributed by atoms with Crippen LogP contribution >= 0.6 is 0 Å². The van der Waals surface area contributed by atoms with E-state index in [0.717, 1.165) is 50.6 Å². The largest absolute Gasteiger partial charge is 0.493 e. The van der Waals surface area contributed by atoms with Crippen molar-refractivity contribution in [3.05, 3.63) is 28.8 Å². The average molecular weight is 375 g/mol. The Balaban J connectivity index is 1.76. The summed E-state index contributed by atoms with van der Waals surface area (Å²) in [6, 6.07) is 4.28. The van der Waals surface area contributed by atoms with Crippen LogP contribution in [0, 0.1) is 26.7 Å². The van der Waals surface area contributed by atoms with E-state index in [4.69, 9.17) is 10.5 Å². The van der Waals surface area contributed by atoms with Crippen molar-refractivity contribution < 1.29 is 9.53 Å². The highest BCUT2D eigenvalue weighted by Gasteiger charge is 2.23. The van der Waals surface area contributed by atoms with Crippen LogP contribution in [-0.2, 0) is 4.79 Å². The zero-order chi connectivity index (χ0) is 19.8. The van der Waals surface area contributed by atoms with Crippen LogP contribution < -0.4 is 15.8 Å². The van der Waals surface area contributed by atoms with Gasteiger partial charge in [-0.25, -0.2) is 0 Å². The van der Waals surface area contributed by atoms with Crippen LogP contribution in [0.1, 0.15) is 42.4 Å². The number of carbonyl (C=O) groups is 1. The van der Waals surface area contributed by atoms with Gasteiger partial charge in [-0.05, 0) is 68.7 Å². The molecule has 1 fully saturated rings. The number of benzene rings is 1. The van der Waals surface area contributed by atoms with Crippen molar-refractivity contribution in [3.63, 3.8) is 0 Å². The van der Waals surface area contributed by atoms with Crippen LogP contribution in [-0.4, -0.2) is 50.1 Å². The smallest absolute Gasteiger partial charge is 0.217 e. The second-order valence-corrected chi connectivity index (χ2v) is 7.51. The van der Waals surface area contributed by atoms with Crippen LogP contribution in [0.15, 0.2) is 17.1 Å². The minimum absolute atomic E-state index is 0.219. The van der Waals surface area contributed by atoms with Gasteiger partial charge in [0, 0.05) is 33.1 Å². The van der Waals surface area contributed by atoms with Gasteiger partial charge in [0.25, 0.3) is 0 Å². The highest BCUT2D eigenvalue weighted by Crippen LogP contribution is 2.23. The SMILES string of the molecule is CN=C(NCCCOc1cc(C)cc(C)c1C)N1CCCC(CC(N)=O)C1. The molecule has 1 atom stereocenters. The zero-order valence-electron chi connectivity index (χ0n) is 17.2. The lowest BCUT2D eigenvalue weighted by Crippen LogP contribution is -2.47. The van der Waals surface area contributed by atoms with E-state index in [-0.39, 0.29) is 5.91 Å². The molecule has 0 bridgehead atoms. The van der Waals surface area contributed by atoms with Crippen LogP contribution in [0.5, 0.6) is 5.75 Å². The number of primary amides is 1. The highest BCUT2D eigenvalue weighted by molar-refractivity contribution is 5.80. The molecule has 1 saturated heterocycles. The Kier molecular flexibility index (Phi) is 7.95. The number of hydrogen-bond acceptors (Lipinski definition) is 3. The lowest BCUT2D eigenvalue weighted by atomic mass is 9.95. The van der Waals surface area contributed by atoms with Crippen molar-refractivity contribution >= 4 is 11.9 Å². The molecule has 0 radical (unpaired) electrons. The summed E-state index contributed by atoms with van der Waals surface area (Å²) in [5.41, 5.74) is 9.04. The van der Waals surface area contributed by atoms with Crippen molar-refractivity contribution in [1.29, 1.82) is 0 Å². The summed E-state index contributed by atoms with van der Waals surface area (Å²) in [6.07, 6.45) is 3.47. The van der Waals surface area contributed by atoms with Crippen LogP contribution in [0.2, 0.25) is 0 Å². The molecule has 6 heteroatoms. The van der Waals surface area contributed by atoms with E-state index < -0.39 is 0 Å². The summed E-state index contributed by atoms with van der Waals surface area (Å²) in [6.45, 7) is 9.57. The third-order valence-corrected chi connectivity index (χ3v) is 5.15. The van der Waals surface area contributed by atoms with Crippen molar-refractivity contribution in [2.45, 2.75) is 46.5 Å². The number of nitrogens with two attached hydrogens (primary N) is 1. The van der Waals surface area contributed by atoms with E-state index in [9.17, 15) is 4.79 Å². The van der Waals surface area contributed by atoms with Crippen molar-refractivity contribution in [1.82, 2.24) is 10.2 Å². The normalized spacial score (nSPS) is 17.7. The minimum Gasteiger partial charge on any atom is -0.493 e. The Hall–Kier alpha value is -2.24. The van der Waals surface area contributed by atoms with E-state index in [1.165, 1.54) is 16.7 Å². The molecule has 1 aromatic carbocycles. The molecule has 1 unspecified atom stereocenters. The number of nitrogens with zero attached hydrogens (tertiary/aromatic N) is 2. The van der Waals surface area contributed by atoms with E-state index in [2.05, 4.69) is 48.1 Å². The molecule has 1 amide bonds.